The minimum Gasteiger partial charge on any atom is -0.352 e. The van der Waals surface area contributed by atoms with Crippen LogP contribution < -0.4 is 5.32 Å². The molecule has 0 atom stereocenters. The van der Waals surface area contributed by atoms with Crippen LogP contribution in [0.5, 0.6) is 0 Å². The van der Waals surface area contributed by atoms with Crippen molar-refractivity contribution in [3.8, 4) is 11.1 Å². The van der Waals surface area contributed by atoms with Gasteiger partial charge in [0.2, 0.25) is 5.91 Å². The van der Waals surface area contributed by atoms with Crippen molar-refractivity contribution in [1.82, 2.24) is 15.1 Å². The maximum atomic E-state index is 11.9. The second-order valence-electron chi connectivity index (χ2n) is 6.04. The van der Waals surface area contributed by atoms with E-state index in [1.54, 1.807) is 4.68 Å². The summed E-state index contributed by atoms with van der Waals surface area (Å²) in [4.78, 5) is 11.9. The van der Waals surface area contributed by atoms with Crippen LogP contribution in [-0.2, 0) is 18.4 Å². The molecule has 20 heavy (non-hydrogen) atoms. The van der Waals surface area contributed by atoms with E-state index in [2.05, 4.69) is 16.5 Å². The minimum absolute atomic E-state index is 0.0595. The SMILES string of the molecule is Cn1cc(-c2cccc(CNC(=O)C(C)(C)C)c2)cn1. The molecule has 0 aliphatic carbocycles. The first kappa shape index (κ1) is 14.3. The van der Waals surface area contributed by atoms with E-state index >= 15 is 0 Å². The molecule has 0 spiro atoms. The first-order valence-electron chi connectivity index (χ1n) is 6.72. The van der Waals surface area contributed by atoms with Gasteiger partial charge in [-0.1, -0.05) is 39.0 Å². The second kappa shape index (κ2) is 5.49. The number of rotatable bonds is 3. The zero-order valence-corrected chi connectivity index (χ0v) is 12.5. The maximum absolute atomic E-state index is 11.9. The highest BCUT2D eigenvalue weighted by Crippen LogP contribution is 2.20. The van der Waals surface area contributed by atoms with E-state index < -0.39 is 0 Å². The standard InChI is InChI=1S/C16H21N3O/c1-16(2,3)15(20)17-9-12-6-5-7-13(8-12)14-10-18-19(4)11-14/h5-8,10-11H,9H2,1-4H3,(H,17,20). The molecule has 0 bridgehead atoms. The van der Waals surface area contributed by atoms with Crippen LogP contribution in [0.4, 0.5) is 0 Å². The molecule has 106 valence electrons. The molecule has 2 aromatic rings. The van der Waals surface area contributed by atoms with E-state index in [4.69, 9.17) is 0 Å². The molecule has 1 heterocycles. The summed E-state index contributed by atoms with van der Waals surface area (Å²) in [7, 11) is 1.90. The molecule has 1 amide bonds. The van der Waals surface area contributed by atoms with E-state index in [1.807, 2.05) is 58.4 Å². The predicted molar refractivity (Wildman–Crippen MR) is 79.9 cm³/mol. The van der Waals surface area contributed by atoms with Crippen LogP contribution >= 0.6 is 0 Å². The van der Waals surface area contributed by atoms with Gasteiger partial charge in [0.05, 0.1) is 6.20 Å². The smallest absolute Gasteiger partial charge is 0.225 e. The van der Waals surface area contributed by atoms with Crippen molar-refractivity contribution in [2.75, 3.05) is 0 Å². The van der Waals surface area contributed by atoms with E-state index in [1.165, 1.54) is 0 Å². The van der Waals surface area contributed by atoms with Crippen LogP contribution in [-0.4, -0.2) is 15.7 Å². The Morgan fingerprint density at radius 2 is 2.05 bits per heavy atom. The molecule has 1 N–H and O–H groups in total. The normalized spacial score (nSPS) is 11.4. The van der Waals surface area contributed by atoms with Crippen molar-refractivity contribution >= 4 is 5.91 Å². The summed E-state index contributed by atoms with van der Waals surface area (Å²) in [5.74, 6) is 0.0595. The molecule has 0 aliphatic rings. The van der Waals surface area contributed by atoms with Crippen LogP contribution in [0, 0.1) is 5.41 Å². The number of amides is 1. The Balaban J connectivity index is 2.09. The molecule has 0 radical (unpaired) electrons. The van der Waals surface area contributed by atoms with Crippen molar-refractivity contribution in [2.24, 2.45) is 12.5 Å². The van der Waals surface area contributed by atoms with Crippen molar-refractivity contribution in [2.45, 2.75) is 27.3 Å². The Bertz CT molecular complexity index is 608. The fourth-order valence-electron chi connectivity index (χ4n) is 1.88. The highest BCUT2D eigenvalue weighted by atomic mass is 16.2. The number of aromatic nitrogens is 2. The van der Waals surface area contributed by atoms with Crippen molar-refractivity contribution in [3.05, 3.63) is 42.2 Å². The van der Waals surface area contributed by atoms with Gasteiger partial charge in [-0.05, 0) is 17.2 Å². The number of nitrogens with one attached hydrogen (secondary N) is 1. The first-order chi connectivity index (χ1) is 9.36. The Morgan fingerprint density at radius 3 is 2.65 bits per heavy atom. The number of carbonyl (C=O) groups excluding carboxylic acids is 1. The molecule has 0 fully saturated rings. The van der Waals surface area contributed by atoms with Gasteiger partial charge >= 0.3 is 0 Å². The Hall–Kier alpha value is -2.10. The molecule has 1 aromatic carbocycles. The summed E-state index contributed by atoms with van der Waals surface area (Å²) in [5, 5.41) is 7.14. The second-order valence-corrected chi connectivity index (χ2v) is 6.04. The molecule has 0 saturated carbocycles. The van der Waals surface area contributed by atoms with Gasteiger partial charge in [-0.2, -0.15) is 5.10 Å². The lowest BCUT2D eigenvalue weighted by Crippen LogP contribution is -2.34. The molecule has 4 nitrogen and oxygen atoms in total. The Morgan fingerprint density at radius 1 is 1.30 bits per heavy atom. The summed E-state index contributed by atoms with van der Waals surface area (Å²) in [6, 6.07) is 8.15. The van der Waals surface area contributed by atoms with Crippen LogP contribution in [0.2, 0.25) is 0 Å². The van der Waals surface area contributed by atoms with Crippen LogP contribution in [0.15, 0.2) is 36.7 Å². The number of benzene rings is 1. The quantitative estimate of drug-likeness (QED) is 0.933. The first-order valence-corrected chi connectivity index (χ1v) is 6.72. The van der Waals surface area contributed by atoms with Gasteiger partial charge in [0.15, 0.2) is 0 Å². The van der Waals surface area contributed by atoms with Gasteiger partial charge in [-0.15, -0.1) is 0 Å². The fourth-order valence-corrected chi connectivity index (χ4v) is 1.88. The van der Waals surface area contributed by atoms with Crippen molar-refractivity contribution in [3.63, 3.8) is 0 Å². The predicted octanol–water partition coefficient (Wildman–Crippen LogP) is 2.75. The molecule has 0 unspecified atom stereocenters. The van der Waals surface area contributed by atoms with Crippen LogP contribution in [0.3, 0.4) is 0 Å². The van der Waals surface area contributed by atoms with Gasteiger partial charge in [-0.3, -0.25) is 9.48 Å². The topological polar surface area (TPSA) is 46.9 Å². The molecule has 2 rings (SSSR count). The number of hydrogen-bond acceptors (Lipinski definition) is 2. The maximum Gasteiger partial charge on any atom is 0.225 e. The summed E-state index contributed by atoms with van der Waals surface area (Å²) in [6.07, 6.45) is 3.82. The van der Waals surface area contributed by atoms with Gasteiger partial charge < -0.3 is 5.32 Å². The molecule has 1 aromatic heterocycles. The summed E-state index contributed by atoms with van der Waals surface area (Å²) < 4.78 is 1.78. The number of hydrogen-bond donors (Lipinski definition) is 1. The van der Waals surface area contributed by atoms with E-state index in [0.29, 0.717) is 6.54 Å². The third-order valence-corrected chi connectivity index (χ3v) is 3.10. The molecule has 4 heteroatoms. The summed E-state index contributed by atoms with van der Waals surface area (Å²) >= 11 is 0. The zero-order chi connectivity index (χ0) is 14.8. The van der Waals surface area contributed by atoms with Crippen molar-refractivity contribution < 1.29 is 4.79 Å². The lowest BCUT2D eigenvalue weighted by atomic mass is 9.95. The van der Waals surface area contributed by atoms with E-state index in [0.717, 1.165) is 16.7 Å². The van der Waals surface area contributed by atoms with Gasteiger partial charge in [0.25, 0.3) is 0 Å². The average molecular weight is 271 g/mol. The fraction of sp³-hybridized carbons (Fsp3) is 0.375. The number of nitrogens with zero attached hydrogens (tertiary/aromatic N) is 2. The van der Waals surface area contributed by atoms with Gasteiger partial charge in [0, 0.05) is 30.8 Å². The highest BCUT2D eigenvalue weighted by Gasteiger charge is 2.20. The van der Waals surface area contributed by atoms with E-state index in [-0.39, 0.29) is 11.3 Å². The van der Waals surface area contributed by atoms with Crippen LogP contribution in [0.1, 0.15) is 26.3 Å². The minimum atomic E-state index is -0.360. The van der Waals surface area contributed by atoms with E-state index in [9.17, 15) is 4.79 Å². The molecule has 0 saturated heterocycles. The molecular formula is C16H21N3O. The average Bonchev–Trinajstić information content (AvgIpc) is 2.82. The third-order valence-electron chi connectivity index (χ3n) is 3.10. The lowest BCUT2D eigenvalue weighted by molar-refractivity contribution is -0.128. The van der Waals surface area contributed by atoms with Gasteiger partial charge in [-0.25, -0.2) is 0 Å². The van der Waals surface area contributed by atoms with Crippen molar-refractivity contribution in [1.29, 1.82) is 0 Å². The number of aryl methyl sites for hydroxylation is 1. The molecule has 0 aliphatic heterocycles. The number of carbonyl (C=O) groups is 1. The largest absolute Gasteiger partial charge is 0.352 e. The zero-order valence-electron chi connectivity index (χ0n) is 12.5. The summed E-state index contributed by atoms with van der Waals surface area (Å²) in [5.41, 5.74) is 2.92. The lowest BCUT2D eigenvalue weighted by Gasteiger charge is -2.17. The van der Waals surface area contributed by atoms with Gasteiger partial charge in [0.1, 0.15) is 0 Å². The summed E-state index contributed by atoms with van der Waals surface area (Å²) in [6.45, 7) is 6.28. The Kier molecular flexibility index (Phi) is 3.93. The monoisotopic (exact) mass is 271 g/mol. The third kappa shape index (κ3) is 3.47. The Labute approximate surface area is 119 Å². The molecular weight excluding hydrogens is 250 g/mol. The highest BCUT2D eigenvalue weighted by molar-refractivity contribution is 5.81. The van der Waals surface area contributed by atoms with Crippen LogP contribution in [0.25, 0.3) is 11.1 Å².